The van der Waals surface area contributed by atoms with E-state index in [2.05, 4.69) is 19.8 Å². The van der Waals surface area contributed by atoms with Crippen LogP contribution in [-0.2, 0) is 9.47 Å². The highest BCUT2D eigenvalue weighted by molar-refractivity contribution is 8.11. The third-order valence-electron chi connectivity index (χ3n) is 0.134. The van der Waals surface area contributed by atoms with E-state index in [0.717, 1.165) is 0 Å². The zero-order valence-electron chi connectivity index (χ0n) is 2.72. The van der Waals surface area contributed by atoms with Gasteiger partial charge in [-0.2, -0.15) is 0 Å². The van der Waals surface area contributed by atoms with Crippen LogP contribution in [0.4, 0.5) is 0 Å². The molecule has 0 saturated carbocycles. The summed E-state index contributed by atoms with van der Waals surface area (Å²) in [6, 6.07) is 0. The Labute approximate surface area is 42.8 Å². The lowest BCUT2D eigenvalue weighted by Crippen LogP contribution is -2.18. The van der Waals surface area contributed by atoms with Crippen molar-refractivity contribution < 1.29 is 8.42 Å². The average molecular weight is 135 g/mol. The van der Waals surface area contributed by atoms with Crippen molar-refractivity contribution in [2.75, 3.05) is 0 Å². The summed E-state index contributed by atoms with van der Waals surface area (Å²) >= 11 is 0. The highest BCUT2D eigenvalue weighted by Crippen LogP contribution is 1.59. The van der Waals surface area contributed by atoms with Crippen LogP contribution in [0.3, 0.4) is 0 Å². The maximum absolute atomic E-state index is 9.75. The minimum atomic E-state index is -3.19. The molecule has 32 valence electrons. The average Bonchev–Trinajstić information content (AvgIpc) is 1.35. The van der Waals surface area contributed by atoms with Crippen LogP contribution in [0.15, 0.2) is 0 Å². The third-order valence-corrected chi connectivity index (χ3v) is 2.13. The quantitative estimate of drug-likeness (QED) is 0.426. The number of hydrogen-bond donors (Lipinski definition) is 1. The Morgan fingerprint density at radius 2 is 1.67 bits per heavy atom. The first-order chi connectivity index (χ1) is 2.56. The molecule has 0 fully saturated rings. The van der Waals surface area contributed by atoms with Crippen LogP contribution in [-0.4, -0.2) is 28.2 Å². The minimum Gasteiger partial charge on any atom is -0.248 e. The fourth-order valence-corrected chi connectivity index (χ4v) is 0. The summed E-state index contributed by atoms with van der Waals surface area (Å²) in [5.74, 6) is 0. The summed E-state index contributed by atoms with van der Waals surface area (Å²) in [6.07, 6.45) is 0. The van der Waals surface area contributed by atoms with Gasteiger partial charge in [0.05, 0.1) is 0 Å². The van der Waals surface area contributed by atoms with Crippen molar-refractivity contribution in [1.82, 2.24) is 4.39 Å². The highest BCUT2D eigenvalue weighted by Gasteiger charge is 1.89. The Balaban J connectivity index is 3.85. The van der Waals surface area contributed by atoms with Crippen molar-refractivity contribution in [2.24, 2.45) is 0 Å². The predicted molar refractivity (Wildman–Crippen MR) is 23.6 cm³/mol. The molecule has 0 atom stereocenters. The van der Waals surface area contributed by atoms with Crippen molar-refractivity contribution >= 4 is 29.3 Å². The topological polar surface area (TPSA) is 46.2 Å². The molecule has 0 aliphatic rings. The van der Waals surface area contributed by atoms with Gasteiger partial charge in [-0.05, 0) is 0 Å². The molecule has 0 saturated heterocycles. The Morgan fingerprint density at radius 1 is 1.50 bits per heavy atom. The van der Waals surface area contributed by atoms with Gasteiger partial charge in [-0.3, -0.25) is 0 Å². The van der Waals surface area contributed by atoms with E-state index in [-0.39, 0.29) is 0 Å². The molecule has 0 heterocycles. The van der Waals surface area contributed by atoms with E-state index in [0.29, 0.717) is 0 Å². The van der Waals surface area contributed by atoms with Gasteiger partial charge >= 0.3 is 0 Å². The van der Waals surface area contributed by atoms with E-state index in [1.54, 1.807) is 4.39 Å². The van der Waals surface area contributed by atoms with E-state index in [4.69, 9.17) is 0 Å². The predicted octanol–water partition coefficient (Wildman–Crippen LogP) is -1.93. The first-order valence-corrected chi connectivity index (χ1v) is 4.20. The molecule has 0 rings (SSSR count). The molecule has 6 heavy (non-hydrogen) atoms. The number of rotatable bonds is 1. The minimum absolute atomic E-state index is 1.80. The molecule has 0 bridgehead atoms. The van der Waals surface area contributed by atoms with Gasteiger partial charge in [-0.1, -0.05) is 0 Å². The molecule has 1 N–H and O–H groups in total. The van der Waals surface area contributed by atoms with Crippen molar-refractivity contribution in [3.8, 4) is 0 Å². The molecule has 0 amide bonds. The van der Waals surface area contributed by atoms with Gasteiger partial charge in [0, 0.05) is 0 Å². The Bertz CT molecular complexity index is 114. The van der Waals surface area contributed by atoms with Crippen LogP contribution in [0.2, 0.25) is 0 Å². The van der Waals surface area contributed by atoms with Crippen LogP contribution in [0.25, 0.3) is 0 Å². The van der Waals surface area contributed by atoms with Crippen LogP contribution < -0.4 is 4.39 Å². The molecule has 0 spiro atoms. The van der Waals surface area contributed by atoms with Gasteiger partial charge < -0.3 is 0 Å². The number of hydrogen-bond acceptors (Lipinski definition) is 2. The maximum Gasteiger partial charge on any atom is 0.236 e. The molecule has 0 aliphatic heterocycles. The Morgan fingerprint density at radius 3 is 1.67 bits per heavy atom. The second-order valence-corrected chi connectivity index (χ2v) is 4.04. The van der Waals surface area contributed by atoms with Gasteiger partial charge in [0.25, 0.3) is 0 Å². The normalized spacial score (nSPS) is 11.7. The third kappa shape index (κ3) is 4.34. The van der Waals surface area contributed by atoms with Gasteiger partial charge in [0.2, 0.25) is 9.39 Å². The molecular formula is HNO2SSi2. The van der Waals surface area contributed by atoms with Gasteiger partial charge in [-0.15, -0.1) is 0 Å². The summed E-state index contributed by atoms with van der Waals surface area (Å²) in [5, 5.41) is 0. The van der Waals surface area contributed by atoms with E-state index >= 15 is 0 Å². The molecule has 0 aliphatic carbocycles. The fourth-order valence-electron chi connectivity index (χ4n) is 0. The van der Waals surface area contributed by atoms with Crippen LogP contribution in [0, 0.1) is 0 Å². The molecule has 0 aromatic carbocycles. The molecule has 6 radical (unpaired) electrons. The lowest BCUT2D eigenvalue weighted by molar-refractivity contribution is 0.607. The van der Waals surface area contributed by atoms with E-state index < -0.39 is 9.47 Å². The molecular weight excluding hydrogens is 134 g/mol. The van der Waals surface area contributed by atoms with Crippen molar-refractivity contribution in [3.05, 3.63) is 0 Å². The monoisotopic (exact) mass is 135 g/mol. The van der Waals surface area contributed by atoms with Crippen molar-refractivity contribution in [2.45, 2.75) is 0 Å². The molecule has 0 aromatic rings. The highest BCUT2D eigenvalue weighted by atomic mass is 32.4. The van der Waals surface area contributed by atoms with E-state index in [9.17, 15) is 8.42 Å². The van der Waals surface area contributed by atoms with Gasteiger partial charge in [0.1, 0.15) is 0 Å². The molecule has 0 unspecified atom stereocenters. The fraction of sp³-hybridized carbons (Fsp3) is 0. The first-order valence-electron chi connectivity index (χ1n) is 0.992. The van der Waals surface area contributed by atoms with Crippen LogP contribution >= 0.6 is 0 Å². The largest absolute Gasteiger partial charge is 0.248 e. The van der Waals surface area contributed by atoms with Crippen LogP contribution in [0.5, 0.6) is 0 Å². The second kappa shape index (κ2) is 1.87. The van der Waals surface area contributed by atoms with Crippen molar-refractivity contribution in [1.29, 1.82) is 0 Å². The second-order valence-electron chi connectivity index (χ2n) is 0.605. The van der Waals surface area contributed by atoms with Crippen LogP contribution in [0.1, 0.15) is 0 Å². The zero-order chi connectivity index (χ0) is 5.21. The lowest BCUT2D eigenvalue weighted by atomic mass is 13.9. The molecule has 3 nitrogen and oxygen atoms in total. The number of nitrogens with one attached hydrogen (secondary N) is 1. The molecule has 6 heteroatoms. The first kappa shape index (κ1) is 6.34. The summed E-state index contributed by atoms with van der Waals surface area (Å²) in [5.41, 5.74) is 0. The summed E-state index contributed by atoms with van der Waals surface area (Å²) in [4.78, 5) is 0. The lowest BCUT2D eigenvalue weighted by Gasteiger charge is -1.84. The SMILES string of the molecule is O=S(=O)([Si])N[Si]. The Hall–Kier alpha value is 0.344. The van der Waals surface area contributed by atoms with E-state index in [1.165, 1.54) is 0 Å². The van der Waals surface area contributed by atoms with Crippen molar-refractivity contribution in [3.63, 3.8) is 0 Å². The van der Waals surface area contributed by atoms with E-state index in [1.807, 2.05) is 0 Å². The summed E-state index contributed by atoms with van der Waals surface area (Å²) in [6.45, 7) is 0. The summed E-state index contributed by atoms with van der Waals surface area (Å²) in [7, 11) is 1.67. The summed E-state index contributed by atoms with van der Waals surface area (Å²) < 4.78 is 21.3. The van der Waals surface area contributed by atoms with Gasteiger partial charge in [0.15, 0.2) is 19.9 Å². The zero-order valence-corrected chi connectivity index (χ0v) is 5.54. The maximum atomic E-state index is 9.75. The standard InChI is InChI=1S/HNO2SSi2/c2-4(3,6)1-5/h1H. The molecule has 0 aromatic heterocycles. The van der Waals surface area contributed by atoms with Gasteiger partial charge in [-0.25, -0.2) is 12.8 Å². The Kier molecular flexibility index (Phi) is 1.98. The smallest absolute Gasteiger partial charge is 0.236 e.